The van der Waals surface area contributed by atoms with E-state index in [9.17, 15) is 0 Å². The number of likely N-dealkylation sites (tertiary alicyclic amines) is 1. The highest BCUT2D eigenvalue weighted by Crippen LogP contribution is 2.23. The van der Waals surface area contributed by atoms with Crippen molar-refractivity contribution in [2.24, 2.45) is 5.92 Å². The third kappa shape index (κ3) is 3.94. The van der Waals surface area contributed by atoms with Crippen LogP contribution in [0.3, 0.4) is 0 Å². The normalized spacial score (nSPS) is 28.5. The minimum Gasteiger partial charge on any atom is -0.314 e. The van der Waals surface area contributed by atoms with Crippen molar-refractivity contribution in [1.82, 2.24) is 10.2 Å². The van der Waals surface area contributed by atoms with E-state index >= 15 is 0 Å². The molecule has 1 aliphatic carbocycles. The summed E-state index contributed by atoms with van der Waals surface area (Å²) in [7, 11) is 0. The average molecular weight is 242 g/mol. The molecule has 1 aliphatic heterocycles. The zero-order chi connectivity index (χ0) is 11.4. The largest absolute Gasteiger partial charge is 0.314 e. The molecule has 16 heavy (non-hydrogen) atoms. The fourth-order valence-electron chi connectivity index (χ4n) is 2.52. The molecular formula is C13H26N2S. The molecule has 1 heterocycles. The van der Waals surface area contributed by atoms with Crippen LogP contribution in [0.5, 0.6) is 0 Å². The summed E-state index contributed by atoms with van der Waals surface area (Å²) in [6, 6.07) is 1.67. The lowest BCUT2D eigenvalue weighted by atomic mass is 10.1. The lowest BCUT2D eigenvalue weighted by Gasteiger charge is -2.24. The van der Waals surface area contributed by atoms with Crippen LogP contribution >= 0.6 is 11.8 Å². The Hall–Kier alpha value is 0.270. The standard InChI is InChI=1S/C13H26N2S/c1-11(6-8-16-2)15-7-5-12(10-15)9-14-13-3-4-13/h11-14H,3-10H2,1-2H3. The summed E-state index contributed by atoms with van der Waals surface area (Å²) in [5.41, 5.74) is 0. The van der Waals surface area contributed by atoms with E-state index in [1.54, 1.807) is 0 Å². The first-order valence-corrected chi connectivity index (χ1v) is 8.15. The van der Waals surface area contributed by atoms with Crippen LogP contribution in [0.25, 0.3) is 0 Å². The number of rotatable bonds is 7. The van der Waals surface area contributed by atoms with E-state index in [2.05, 4.69) is 23.4 Å². The number of hydrogen-bond acceptors (Lipinski definition) is 3. The molecule has 2 aliphatic rings. The molecule has 2 fully saturated rings. The molecule has 3 heteroatoms. The second-order valence-electron chi connectivity index (χ2n) is 5.46. The van der Waals surface area contributed by atoms with Gasteiger partial charge in [0.15, 0.2) is 0 Å². The van der Waals surface area contributed by atoms with Gasteiger partial charge in [-0.25, -0.2) is 0 Å². The number of nitrogens with zero attached hydrogens (tertiary/aromatic N) is 1. The molecule has 2 rings (SSSR count). The van der Waals surface area contributed by atoms with Gasteiger partial charge in [0.2, 0.25) is 0 Å². The summed E-state index contributed by atoms with van der Waals surface area (Å²) in [4.78, 5) is 2.69. The van der Waals surface area contributed by atoms with E-state index in [1.807, 2.05) is 11.8 Å². The fourth-order valence-corrected chi connectivity index (χ4v) is 3.10. The number of thioether (sulfide) groups is 1. The van der Waals surface area contributed by atoms with Gasteiger partial charge in [0.05, 0.1) is 0 Å². The summed E-state index contributed by atoms with van der Waals surface area (Å²) in [5, 5.41) is 3.67. The molecule has 2 nitrogen and oxygen atoms in total. The average Bonchev–Trinajstić information content (AvgIpc) is 3.00. The van der Waals surface area contributed by atoms with Crippen LogP contribution in [0, 0.1) is 5.92 Å². The van der Waals surface area contributed by atoms with Crippen LogP contribution in [0.2, 0.25) is 0 Å². The van der Waals surface area contributed by atoms with Crippen LogP contribution < -0.4 is 5.32 Å². The van der Waals surface area contributed by atoms with E-state index < -0.39 is 0 Å². The maximum absolute atomic E-state index is 3.67. The van der Waals surface area contributed by atoms with Crippen LogP contribution in [-0.2, 0) is 0 Å². The minimum absolute atomic E-state index is 0.790. The van der Waals surface area contributed by atoms with Gasteiger partial charge in [-0.1, -0.05) is 0 Å². The molecule has 0 aromatic carbocycles. The summed E-state index contributed by atoms with van der Waals surface area (Å²) in [5.74, 6) is 2.22. The SMILES string of the molecule is CSCCC(C)N1CCC(CNC2CC2)C1. The van der Waals surface area contributed by atoms with Crippen LogP contribution in [-0.4, -0.2) is 48.6 Å². The molecule has 2 unspecified atom stereocenters. The number of hydrogen-bond donors (Lipinski definition) is 1. The summed E-state index contributed by atoms with van der Waals surface area (Å²) in [6.07, 6.45) is 7.80. The van der Waals surface area contributed by atoms with Gasteiger partial charge in [0.25, 0.3) is 0 Å². The van der Waals surface area contributed by atoms with Crippen molar-refractivity contribution in [3.05, 3.63) is 0 Å². The van der Waals surface area contributed by atoms with E-state index in [0.29, 0.717) is 0 Å². The van der Waals surface area contributed by atoms with Crippen molar-refractivity contribution in [3.8, 4) is 0 Å². The molecule has 2 atom stereocenters. The minimum atomic E-state index is 0.790. The topological polar surface area (TPSA) is 15.3 Å². The summed E-state index contributed by atoms with van der Waals surface area (Å²) in [6.45, 7) is 6.31. The second-order valence-corrected chi connectivity index (χ2v) is 6.45. The van der Waals surface area contributed by atoms with Crippen molar-refractivity contribution in [2.45, 2.75) is 44.7 Å². The lowest BCUT2D eigenvalue weighted by molar-refractivity contribution is 0.244. The molecule has 1 saturated carbocycles. The third-order valence-corrected chi connectivity index (χ3v) is 4.60. The van der Waals surface area contributed by atoms with Crippen LogP contribution in [0.4, 0.5) is 0 Å². The van der Waals surface area contributed by atoms with E-state index in [0.717, 1.165) is 18.0 Å². The molecule has 0 aromatic heterocycles. The van der Waals surface area contributed by atoms with E-state index in [1.165, 1.54) is 51.1 Å². The molecule has 0 spiro atoms. The Morgan fingerprint density at radius 1 is 1.38 bits per heavy atom. The Kier molecular flexibility index (Phi) is 4.98. The lowest BCUT2D eigenvalue weighted by Crippen LogP contribution is -2.33. The van der Waals surface area contributed by atoms with Crippen molar-refractivity contribution in [3.63, 3.8) is 0 Å². The molecule has 94 valence electrons. The first kappa shape index (κ1) is 12.7. The van der Waals surface area contributed by atoms with E-state index in [4.69, 9.17) is 0 Å². The van der Waals surface area contributed by atoms with Gasteiger partial charge in [-0.2, -0.15) is 11.8 Å². The van der Waals surface area contributed by atoms with Gasteiger partial charge in [-0.3, -0.25) is 0 Å². The van der Waals surface area contributed by atoms with Crippen molar-refractivity contribution >= 4 is 11.8 Å². The first-order chi connectivity index (χ1) is 7.79. The predicted octanol–water partition coefficient (Wildman–Crippen LogP) is 2.20. The van der Waals surface area contributed by atoms with Gasteiger partial charge in [-0.05, 0) is 63.6 Å². The first-order valence-electron chi connectivity index (χ1n) is 6.76. The van der Waals surface area contributed by atoms with Crippen LogP contribution in [0.1, 0.15) is 32.6 Å². The monoisotopic (exact) mass is 242 g/mol. The Bertz CT molecular complexity index is 206. The highest BCUT2D eigenvalue weighted by molar-refractivity contribution is 7.98. The second kappa shape index (κ2) is 6.27. The van der Waals surface area contributed by atoms with Crippen molar-refractivity contribution in [2.75, 3.05) is 31.6 Å². The summed E-state index contributed by atoms with van der Waals surface area (Å²) >= 11 is 1.97. The Labute approximate surface area is 105 Å². The molecule has 1 saturated heterocycles. The highest BCUT2D eigenvalue weighted by atomic mass is 32.2. The maximum atomic E-state index is 3.67. The number of nitrogens with one attached hydrogen (secondary N) is 1. The van der Waals surface area contributed by atoms with Crippen LogP contribution in [0.15, 0.2) is 0 Å². The predicted molar refractivity (Wildman–Crippen MR) is 73.2 cm³/mol. The Morgan fingerprint density at radius 2 is 2.19 bits per heavy atom. The maximum Gasteiger partial charge on any atom is 0.00749 e. The third-order valence-electron chi connectivity index (χ3n) is 3.95. The highest BCUT2D eigenvalue weighted by Gasteiger charge is 2.27. The van der Waals surface area contributed by atoms with Crippen molar-refractivity contribution < 1.29 is 0 Å². The molecule has 0 radical (unpaired) electrons. The Balaban J connectivity index is 1.61. The van der Waals surface area contributed by atoms with Gasteiger partial charge in [0, 0.05) is 18.6 Å². The summed E-state index contributed by atoms with van der Waals surface area (Å²) < 4.78 is 0. The molecule has 0 aromatic rings. The zero-order valence-corrected chi connectivity index (χ0v) is 11.6. The van der Waals surface area contributed by atoms with Gasteiger partial charge in [0.1, 0.15) is 0 Å². The van der Waals surface area contributed by atoms with Gasteiger partial charge < -0.3 is 10.2 Å². The van der Waals surface area contributed by atoms with E-state index in [-0.39, 0.29) is 0 Å². The smallest absolute Gasteiger partial charge is 0.00749 e. The fraction of sp³-hybridized carbons (Fsp3) is 1.00. The Morgan fingerprint density at radius 3 is 2.88 bits per heavy atom. The molecule has 1 N–H and O–H groups in total. The zero-order valence-electron chi connectivity index (χ0n) is 10.7. The molecule has 0 amide bonds. The molecular weight excluding hydrogens is 216 g/mol. The van der Waals surface area contributed by atoms with Gasteiger partial charge in [-0.15, -0.1) is 0 Å². The molecule has 0 bridgehead atoms. The quantitative estimate of drug-likeness (QED) is 0.737. The van der Waals surface area contributed by atoms with Crippen molar-refractivity contribution in [1.29, 1.82) is 0 Å². The van der Waals surface area contributed by atoms with Gasteiger partial charge >= 0.3 is 0 Å².